The molecule has 30 heavy (non-hydrogen) atoms. The Bertz CT molecular complexity index is 1130. The summed E-state index contributed by atoms with van der Waals surface area (Å²) in [5, 5.41) is 9.21. The molecule has 0 radical (unpaired) electrons. The van der Waals surface area contributed by atoms with Crippen LogP contribution in [0.2, 0.25) is 5.02 Å². The van der Waals surface area contributed by atoms with Crippen LogP contribution in [0, 0.1) is 0 Å². The fourth-order valence-electron chi connectivity index (χ4n) is 3.10. The normalized spacial score (nSPS) is 12.2. The van der Waals surface area contributed by atoms with Gasteiger partial charge in [-0.15, -0.1) is 0 Å². The fraction of sp³-hybridized carbons (Fsp3) is 0.0870. The molecule has 1 aliphatic rings. The Morgan fingerprint density at radius 3 is 2.73 bits per heavy atom. The molecular weight excluding hydrogens is 400 g/mol. The van der Waals surface area contributed by atoms with Crippen molar-refractivity contribution in [3.63, 3.8) is 0 Å². The van der Waals surface area contributed by atoms with Crippen molar-refractivity contribution in [2.45, 2.75) is 6.54 Å². The maximum absolute atomic E-state index is 12.7. The number of anilines is 2. The zero-order valence-corrected chi connectivity index (χ0v) is 16.7. The van der Waals surface area contributed by atoms with Gasteiger partial charge in [-0.3, -0.25) is 14.6 Å². The number of hydrogen-bond acceptors (Lipinski definition) is 4. The van der Waals surface area contributed by atoms with Crippen molar-refractivity contribution in [2.75, 3.05) is 17.2 Å². The highest BCUT2D eigenvalue weighted by Gasteiger charge is 2.17. The summed E-state index contributed by atoms with van der Waals surface area (Å²) in [4.78, 5) is 29.3. The number of carbonyl (C=O) groups is 2. The Hall–Kier alpha value is -3.64. The van der Waals surface area contributed by atoms with Gasteiger partial charge in [-0.25, -0.2) is 0 Å². The molecule has 0 saturated carbocycles. The minimum absolute atomic E-state index is 0.246. The molecule has 0 fully saturated rings. The maximum atomic E-state index is 12.7. The molecule has 2 amide bonds. The molecule has 6 nitrogen and oxygen atoms in total. The van der Waals surface area contributed by atoms with Crippen LogP contribution < -0.4 is 16.0 Å². The first-order chi connectivity index (χ1) is 14.6. The first kappa shape index (κ1) is 19.7. The van der Waals surface area contributed by atoms with Crippen molar-refractivity contribution in [1.82, 2.24) is 10.3 Å². The van der Waals surface area contributed by atoms with E-state index in [0.29, 0.717) is 34.9 Å². The van der Waals surface area contributed by atoms with Crippen LogP contribution >= 0.6 is 11.6 Å². The SMILES string of the molecule is O=C(Nc1cc(C(=O)NCc2ccccc2)ccc1Cl)C1=Cc2cnccc2NC1. The fourth-order valence-corrected chi connectivity index (χ4v) is 3.27. The van der Waals surface area contributed by atoms with E-state index in [1.54, 1.807) is 36.7 Å². The van der Waals surface area contributed by atoms with Crippen molar-refractivity contribution < 1.29 is 9.59 Å². The second-order valence-corrected chi connectivity index (χ2v) is 7.21. The van der Waals surface area contributed by atoms with Gasteiger partial charge in [-0.05, 0) is 35.9 Å². The number of nitrogens with one attached hydrogen (secondary N) is 3. The second-order valence-electron chi connectivity index (χ2n) is 6.80. The number of amides is 2. The van der Waals surface area contributed by atoms with Crippen molar-refractivity contribution in [1.29, 1.82) is 0 Å². The summed E-state index contributed by atoms with van der Waals surface area (Å²) in [5.74, 6) is -0.537. The molecule has 0 saturated heterocycles. The monoisotopic (exact) mass is 418 g/mol. The predicted octanol–water partition coefficient (Wildman–Crippen LogP) is 4.11. The van der Waals surface area contributed by atoms with E-state index in [4.69, 9.17) is 11.6 Å². The summed E-state index contributed by atoms with van der Waals surface area (Å²) in [5.41, 5.74) is 4.11. The zero-order chi connectivity index (χ0) is 20.9. The molecule has 2 aromatic carbocycles. The van der Waals surface area contributed by atoms with Crippen LogP contribution in [0.1, 0.15) is 21.5 Å². The molecule has 0 spiro atoms. The lowest BCUT2D eigenvalue weighted by Gasteiger charge is -2.18. The molecule has 0 bridgehead atoms. The average Bonchev–Trinajstić information content (AvgIpc) is 2.79. The summed E-state index contributed by atoms with van der Waals surface area (Å²) >= 11 is 6.25. The van der Waals surface area contributed by atoms with E-state index in [0.717, 1.165) is 16.8 Å². The maximum Gasteiger partial charge on any atom is 0.253 e. The minimum Gasteiger partial charge on any atom is -0.380 e. The molecule has 3 N–H and O–H groups in total. The van der Waals surface area contributed by atoms with Crippen molar-refractivity contribution in [3.05, 3.63) is 94.3 Å². The number of aromatic nitrogens is 1. The Morgan fingerprint density at radius 1 is 1.07 bits per heavy atom. The van der Waals surface area contributed by atoms with E-state index < -0.39 is 0 Å². The molecule has 0 aliphatic carbocycles. The van der Waals surface area contributed by atoms with E-state index in [1.165, 1.54) is 0 Å². The first-order valence-electron chi connectivity index (χ1n) is 9.41. The first-order valence-corrected chi connectivity index (χ1v) is 9.79. The molecule has 150 valence electrons. The highest BCUT2D eigenvalue weighted by molar-refractivity contribution is 6.34. The number of hydrogen-bond donors (Lipinski definition) is 3. The van der Waals surface area contributed by atoms with Gasteiger partial charge in [-0.2, -0.15) is 0 Å². The number of nitrogens with zero attached hydrogens (tertiary/aromatic N) is 1. The molecule has 4 rings (SSSR count). The third kappa shape index (κ3) is 4.50. The number of halogens is 1. The van der Waals surface area contributed by atoms with Crippen molar-refractivity contribution in [3.8, 4) is 0 Å². The Labute approximate surface area is 179 Å². The highest BCUT2D eigenvalue weighted by Crippen LogP contribution is 2.26. The van der Waals surface area contributed by atoms with Gasteiger partial charge < -0.3 is 16.0 Å². The Kier molecular flexibility index (Phi) is 5.77. The number of benzene rings is 2. The Balaban J connectivity index is 1.46. The summed E-state index contributed by atoms with van der Waals surface area (Å²) in [6, 6.07) is 16.3. The lowest BCUT2D eigenvalue weighted by molar-refractivity contribution is -0.112. The van der Waals surface area contributed by atoms with Gasteiger partial charge in [0.15, 0.2) is 0 Å². The van der Waals surface area contributed by atoms with E-state index in [2.05, 4.69) is 20.9 Å². The molecular formula is C23H19ClN4O2. The number of fused-ring (bicyclic) bond motifs is 1. The summed E-state index contributed by atoms with van der Waals surface area (Å²) in [6.07, 6.45) is 5.18. The molecule has 1 aromatic heterocycles. The van der Waals surface area contributed by atoms with Crippen LogP contribution in [0.15, 0.2) is 72.6 Å². The van der Waals surface area contributed by atoms with Crippen LogP contribution in [-0.2, 0) is 11.3 Å². The third-order valence-electron chi connectivity index (χ3n) is 4.72. The lowest BCUT2D eigenvalue weighted by atomic mass is 10.1. The molecule has 1 aliphatic heterocycles. The lowest BCUT2D eigenvalue weighted by Crippen LogP contribution is -2.24. The molecule has 2 heterocycles. The number of carbonyl (C=O) groups excluding carboxylic acids is 2. The van der Waals surface area contributed by atoms with Gasteiger partial charge in [0.25, 0.3) is 11.8 Å². The van der Waals surface area contributed by atoms with Crippen molar-refractivity contribution in [2.24, 2.45) is 0 Å². The van der Waals surface area contributed by atoms with Gasteiger partial charge in [0.1, 0.15) is 0 Å². The van der Waals surface area contributed by atoms with Crippen LogP contribution in [0.4, 0.5) is 11.4 Å². The zero-order valence-electron chi connectivity index (χ0n) is 16.0. The minimum atomic E-state index is -0.291. The smallest absolute Gasteiger partial charge is 0.253 e. The van der Waals surface area contributed by atoms with Gasteiger partial charge in [0, 0.05) is 47.9 Å². The van der Waals surface area contributed by atoms with E-state index in [-0.39, 0.29) is 11.8 Å². The second kappa shape index (κ2) is 8.80. The highest BCUT2D eigenvalue weighted by atomic mass is 35.5. The van der Waals surface area contributed by atoms with Gasteiger partial charge in [0.2, 0.25) is 0 Å². The largest absolute Gasteiger partial charge is 0.380 e. The quantitative estimate of drug-likeness (QED) is 0.582. The van der Waals surface area contributed by atoms with Crippen molar-refractivity contribution >= 4 is 40.9 Å². The number of pyridine rings is 1. The number of rotatable bonds is 5. The van der Waals surface area contributed by atoms with Gasteiger partial charge >= 0.3 is 0 Å². The summed E-state index contributed by atoms with van der Waals surface area (Å²) in [7, 11) is 0. The standard InChI is InChI=1S/C23H19ClN4O2/c24-19-7-6-16(22(29)27-12-15-4-2-1-3-5-15)11-21(19)28-23(30)18-10-17-13-25-9-8-20(17)26-14-18/h1-11,13,26H,12,14H2,(H,27,29)(H,28,30). The van der Waals surface area contributed by atoms with E-state index in [9.17, 15) is 9.59 Å². The van der Waals surface area contributed by atoms with Gasteiger partial charge in [-0.1, -0.05) is 41.9 Å². The Morgan fingerprint density at radius 2 is 1.90 bits per heavy atom. The molecule has 7 heteroatoms. The van der Waals surface area contributed by atoms with Crippen LogP contribution in [0.5, 0.6) is 0 Å². The van der Waals surface area contributed by atoms with Gasteiger partial charge in [0.05, 0.1) is 10.7 Å². The van der Waals surface area contributed by atoms with Crippen LogP contribution in [0.3, 0.4) is 0 Å². The van der Waals surface area contributed by atoms with E-state index in [1.807, 2.05) is 36.4 Å². The third-order valence-corrected chi connectivity index (χ3v) is 5.04. The molecule has 3 aromatic rings. The molecule has 0 unspecified atom stereocenters. The van der Waals surface area contributed by atoms with Crippen LogP contribution in [-0.4, -0.2) is 23.3 Å². The summed E-state index contributed by atoms with van der Waals surface area (Å²) < 4.78 is 0. The average molecular weight is 419 g/mol. The van der Waals surface area contributed by atoms with E-state index >= 15 is 0 Å². The topological polar surface area (TPSA) is 83.1 Å². The predicted molar refractivity (Wildman–Crippen MR) is 118 cm³/mol. The molecule has 0 atom stereocenters. The van der Waals surface area contributed by atoms with Crippen LogP contribution in [0.25, 0.3) is 6.08 Å². The summed E-state index contributed by atoms with van der Waals surface area (Å²) in [6.45, 7) is 0.799.